The number of hydrogen-bond acceptors (Lipinski definition) is 1. The van der Waals surface area contributed by atoms with E-state index in [4.69, 9.17) is 5.02 Å². The molecule has 0 radical (unpaired) electrons. The van der Waals surface area contributed by atoms with Gasteiger partial charge in [-0.3, -0.25) is 0 Å². The van der Waals surface area contributed by atoms with Gasteiger partial charge in [-0.15, -0.1) is 0 Å². The molecule has 11 heavy (non-hydrogen) atoms. The van der Waals surface area contributed by atoms with Gasteiger partial charge in [-0.2, -0.15) is 0 Å². The van der Waals surface area contributed by atoms with Crippen molar-refractivity contribution in [1.82, 2.24) is 0 Å². The molecule has 0 aromatic heterocycles. The van der Waals surface area contributed by atoms with E-state index in [1.54, 1.807) is 0 Å². The highest BCUT2D eigenvalue weighted by Crippen LogP contribution is 2.06. The Hall–Kier alpha value is -0.965. The molecule has 0 aliphatic carbocycles. The maximum absolute atomic E-state index is 12.3. The smallest absolute Gasteiger partial charge is 0.304 e. The molecular formula is C6H4BF3O. The minimum Gasteiger partial charge on any atom is -0.449 e. The zero-order valence-corrected chi connectivity index (χ0v) is 5.44. The first-order valence-electron chi connectivity index (χ1n) is 2.89. The first-order valence-corrected chi connectivity index (χ1v) is 2.89. The summed E-state index contributed by atoms with van der Waals surface area (Å²) in [6.45, 7) is 0. The molecule has 58 valence electrons. The monoisotopic (exact) mass is 160 g/mol. The molecule has 0 aliphatic heterocycles. The molecule has 0 spiro atoms. The predicted molar refractivity (Wildman–Crippen MR) is 35.3 cm³/mol. The lowest BCUT2D eigenvalue weighted by atomic mass is 9.89. The van der Waals surface area contributed by atoms with Gasteiger partial charge in [-0.05, 0) is 17.6 Å². The van der Waals surface area contributed by atoms with Gasteiger partial charge in [-0.25, -0.2) is 13.2 Å². The van der Waals surface area contributed by atoms with Crippen LogP contribution < -0.4 is 5.46 Å². The highest BCUT2D eigenvalue weighted by atomic mass is 19.2. The van der Waals surface area contributed by atoms with Crippen LogP contribution >= 0.6 is 0 Å². The summed E-state index contributed by atoms with van der Waals surface area (Å²) in [6, 6.07) is 1.50. The van der Waals surface area contributed by atoms with Crippen molar-refractivity contribution in [2.45, 2.75) is 0 Å². The third-order valence-corrected chi connectivity index (χ3v) is 1.23. The second kappa shape index (κ2) is 2.96. The lowest BCUT2D eigenvalue weighted by Crippen LogP contribution is -2.15. The molecule has 1 aromatic carbocycles. The van der Waals surface area contributed by atoms with Gasteiger partial charge >= 0.3 is 7.48 Å². The van der Waals surface area contributed by atoms with Crippen molar-refractivity contribution in [2.24, 2.45) is 0 Å². The van der Waals surface area contributed by atoms with Crippen molar-refractivity contribution in [3.05, 3.63) is 29.6 Å². The van der Waals surface area contributed by atoms with Gasteiger partial charge < -0.3 is 5.02 Å². The van der Waals surface area contributed by atoms with Gasteiger partial charge in [0.1, 0.15) is 0 Å². The maximum Gasteiger partial charge on any atom is 0.304 e. The summed E-state index contributed by atoms with van der Waals surface area (Å²) in [4.78, 5) is 0. The normalized spacial score (nSPS) is 9.82. The summed E-state index contributed by atoms with van der Waals surface area (Å²) in [5, 5.41) is 8.42. The van der Waals surface area contributed by atoms with Crippen molar-refractivity contribution >= 4 is 12.9 Å². The van der Waals surface area contributed by atoms with Crippen LogP contribution in [0.5, 0.6) is 0 Å². The quantitative estimate of drug-likeness (QED) is 0.455. The van der Waals surface area contributed by atoms with E-state index in [9.17, 15) is 13.2 Å². The van der Waals surface area contributed by atoms with Crippen LogP contribution in [0.4, 0.5) is 13.2 Å². The molecule has 0 amide bonds. The average molecular weight is 160 g/mol. The summed E-state index contributed by atoms with van der Waals surface area (Å²) in [5.41, 5.74) is 0.0152. The lowest BCUT2D eigenvalue weighted by Gasteiger charge is -1.97. The Bertz CT molecular complexity index is 254. The van der Waals surface area contributed by atoms with E-state index in [0.29, 0.717) is 0 Å². The van der Waals surface area contributed by atoms with Crippen LogP contribution in [0.3, 0.4) is 0 Å². The number of halogens is 3. The standard InChI is InChI=1S/C6H4BF3O/c8-4-1-3(7-11)2-5(9)6(4)10/h1-2,7,11H. The van der Waals surface area contributed by atoms with Crippen LogP contribution in [-0.4, -0.2) is 12.5 Å². The molecule has 0 aliphatic rings. The molecule has 1 rings (SSSR count). The third-order valence-electron chi connectivity index (χ3n) is 1.23. The molecule has 1 N–H and O–H groups in total. The number of hydrogen-bond donors (Lipinski definition) is 1. The van der Waals surface area contributed by atoms with Crippen LogP contribution in [0.25, 0.3) is 0 Å². The molecule has 1 aromatic rings. The van der Waals surface area contributed by atoms with E-state index in [0.717, 1.165) is 12.1 Å². The van der Waals surface area contributed by atoms with Gasteiger partial charge in [-0.1, -0.05) is 0 Å². The molecule has 1 nitrogen and oxygen atoms in total. The highest BCUT2D eigenvalue weighted by Gasteiger charge is 2.09. The van der Waals surface area contributed by atoms with Crippen molar-refractivity contribution < 1.29 is 18.2 Å². The maximum atomic E-state index is 12.3. The first-order chi connectivity index (χ1) is 5.15. The van der Waals surface area contributed by atoms with Crippen molar-refractivity contribution in [3.63, 3.8) is 0 Å². The Kier molecular flexibility index (Phi) is 2.19. The van der Waals surface area contributed by atoms with Gasteiger partial charge in [0, 0.05) is 0 Å². The minimum atomic E-state index is -1.51. The van der Waals surface area contributed by atoms with Gasteiger partial charge in [0.15, 0.2) is 17.5 Å². The lowest BCUT2D eigenvalue weighted by molar-refractivity contribution is 0.448. The Labute approximate surface area is 61.7 Å². The fourth-order valence-electron chi connectivity index (χ4n) is 0.699. The molecule has 0 atom stereocenters. The van der Waals surface area contributed by atoms with Crippen LogP contribution in [0, 0.1) is 17.5 Å². The molecule has 0 bridgehead atoms. The molecule has 0 fully saturated rings. The highest BCUT2D eigenvalue weighted by molar-refractivity contribution is 6.45. The molecule has 0 saturated carbocycles. The molecular weight excluding hydrogens is 156 g/mol. The van der Waals surface area contributed by atoms with Crippen LogP contribution in [0.2, 0.25) is 0 Å². The minimum absolute atomic E-state index is 0.0152. The number of benzene rings is 1. The number of rotatable bonds is 1. The van der Waals surface area contributed by atoms with Gasteiger partial charge in [0.2, 0.25) is 0 Å². The Morgan fingerprint density at radius 2 is 1.55 bits per heavy atom. The molecule has 0 unspecified atom stereocenters. The zero-order chi connectivity index (χ0) is 8.43. The molecule has 5 heteroatoms. The Morgan fingerprint density at radius 3 is 1.91 bits per heavy atom. The van der Waals surface area contributed by atoms with Crippen LogP contribution in [0.15, 0.2) is 12.1 Å². The van der Waals surface area contributed by atoms with Crippen molar-refractivity contribution in [1.29, 1.82) is 0 Å². The van der Waals surface area contributed by atoms with E-state index in [1.807, 2.05) is 0 Å². The van der Waals surface area contributed by atoms with E-state index in [2.05, 4.69) is 0 Å². The topological polar surface area (TPSA) is 20.2 Å². The summed E-state index contributed by atoms with van der Waals surface area (Å²) in [6.07, 6.45) is 0. The van der Waals surface area contributed by atoms with Crippen molar-refractivity contribution in [2.75, 3.05) is 0 Å². The van der Waals surface area contributed by atoms with E-state index in [1.165, 1.54) is 0 Å². The second-order valence-electron chi connectivity index (χ2n) is 2.03. The second-order valence-corrected chi connectivity index (χ2v) is 2.03. The molecule has 0 heterocycles. The Morgan fingerprint density at radius 1 is 1.09 bits per heavy atom. The molecule has 0 saturated heterocycles. The van der Waals surface area contributed by atoms with E-state index >= 15 is 0 Å². The summed E-state index contributed by atoms with van der Waals surface area (Å²) < 4.78 is 36.8. The zero-order valence-electron chi connectivity index (χ0n) is 5.44. The Balaban J connectivity index is 3.21. The van der Waals surface area contributed by atoms with Crippen molar-refractivity contribution in [3.8, 4) is 0 Å². The van der Waals surface area contributed by atoms with Crippen LogP contribution in [-0.2, 0) is 0 Å². The van der Waals surface area contributed by atoms with Crippen LogP contribution in [0.1, 0.15) is 0 Å². The SMILES string of the molecule is OBc1cc(F)c(F)c(F)c1. The summed E-state index contributed by atoms with van der Waals surface area (Å²) in [5.74, 6) is -4.08. The largest absolute Gasteiger partial charge is 0.449 e. The summed E-state index contributed by atoms with van der Waals surface area (Å²) >= 11 is 0. The average Bonchev–Trinajstić information content (AvgIpc) is 1.99. The van der Waals surface area contributed by atoms with E-state index in [-0.39, 0.29) is 5.46 Å². The predicted octanol–water partition coefficient (Wildman–Crippen LogP) is 0.0730. The van der Waals surface area contributed by atoms with Gasteiger partial charge in [0.05, 0.1) is 0 Å². The van der Waals surface area contributed by atoms with Gasteiger partial charge in [0.25, 0.3) is 0 Å². The fraction of sp³-hybridized carbons (Fsp3) is 0. The fourth-order valence-corrected chi connectivity index (χ4v) is 0.699. The first kappa shape index (κ1) is 8.13. The summed E-state index contributed by atoms with van der Waals surface area (Å²) in [7, 11) is -0.506. The third kappa shape index (κ3) is 1.54. The van der Waals surface area contributed by atoms with E-state index < -0.39 is 24.9 Å².